The number of hydrogen-bond acceptors (Lipinski definition) is 4. The van der Waals surface area contributed by atoms with Crippen LogP contribution in [0.15, 0.2) is 54.6 Å². The lowest BCUT2D eigenvalue weighted by Gasteiger charge is -2.21. The Labute approximate surface area is 146 Å². The van der Waals surface area contributed by atoms with E-state index in [1.807, 2.05) is 6.07 Å². The maximum atomic E-state index is 12.6. The van der Waals surface area contributed by atoms with Crippen molar-refractivity contribution in [1.29, 1.82) is 0 Å². The van der Waals surface area contributed by atoms with Gasteiger partial charge in [-0.15, -0.1) is 0 Å². The van der Waals surface area contributed by atoms with E-state index >= 15 is 0 Å². The average molecular weight is 343 g/mol. The Bertz CT molecular complexity index is 700. The molecule has 2 atom stereocenters. The van der Waals surface area contributed by atoms with Crippen molar-refractivity contribution in [2.75, 3.05) is 13.7 Å². The normalized spacial score (nSPS) is 12.9. The van der Waals surface area contributed by atoms with E-state index < -0.39 is 24.0 Å². The minimum absolute atomic E-state index is 0.327. The quantitative estimate of drug-likeness (QED) is 0.770. The van der Waals surface area contributed by atoms with Gasteiger partial charge in [0.05, 0.1) is 7.11 Å². The number of methoxy groups -OCH3 is 1. The molecule has 2 unspecified atom stereocenters. The smallest absolute Gasteiger partial charge is 0.330 e. The monoisotopic (exact) mass is 343 g/mol. The fourth-order valence-corrected chi connectivity index (χ4v) is 2.42. The molecule has 0 aliphatic carbocycles. The van der Waals surface area contributed by atoms with Gasteiger partial charge < -0.3 is 19.9 Å². The van der Waals surface area contributed by atoms with Gasteiger partial charge in [0.25, 0.3) is 5.91 Å². The summed E-state index contributed by atoms with van der Waals surface area (Å²) in [6, 6.07) is 14.3. The van der Waals surface area contributed by atoms with Crippen molar-refractivity contribution in [2.24, 2.45) is 0 Å². The second-order valence-electron chi connectivity index (χ2n) is 5.30. The fourth-order valence-electron chi connectivity index (χ4n) is 2.42. The van der Waals surface area contributed by atoms with Crippen molar-refractivity contribution in [3.05, 3.63) is 65.7 Å². The van der Waals surface area contributed by atoms with E-state index in [0.29, 0.717) is 23.5 Å². The first-order valence-corrected chi connectivity index (χ1v) is 7.90. The molecule has 2 N–H and O–H groups in total. The van der Waals surface area contributed by atoms with Gasteiger partial charge in [0, 0.05) is 6.61 Å². The number of carbonyl (C=O) groups is 2. The summed E-state index contributed by atoms with van der Waals surface area (Å²) in [6.07, 6.45) is -0.869. The molecule has 0 bridgehead atoms. The molecule has 0 spiro atoms. The molecule has 1 amide bonds. The van der Waals surface area contributed by atoms with Crippen LogP contribution in [0.3, 0.4) is 0 Å². The summed E-state index contributed by atoms with van der Waals surface area (Å²) in [5, 5.41) is 12.0. The number of carboxylic acids is 1. The van der Waals surface area contributed by atoms with E-state index in [2.05, 4.69) is 5.32 Å². The van der Waals surface area contributed by atoms with Crippen LogP contribution in [0, 0.1) is 0 Å². The first-order chi connectivity index (χ1) is 12.1. The summed E-state index contributed by atoms with van der Waals surface area (Å²) in [6.45, 7) is 2.11. The lowest BCUT2D eigenvalue weighted by molar-refractivity contribution is -0.144. The van der Waals surface area contributed by atoms with E-state index in [0.717, 1.165) is 0 Å². The zero-order valence-corrected chi connectivity index (χ0v) is 14.1. The van der Waals surface area contributed by atoms with Crippen molar-refractivity contribution in [2.45, 2.75) is 19.1 Å². The average Bonchev–Trinajstić information content (AvgIpc) is 2.64. The highest BCUT2D eigenvalue weighted by atomic mass is 16.5. The van der Waals surface area contributed by atoms with Crippen LogP contribution in [0.1, 0.15) is 30.2 Å². The molecular weight excluding hydrogens is 322 g/mol. The van der Waals surface area contributed by atoms with Crippen LogP contribution in [0.4, 0.5) is 0 Å². The third-order valence-corrected chi connectivity index (χ3v) is 3.66. The zero-order valence-electron chi connectivity index (χ0n) is 14.1. The first-order valence-electron chi connectivity index (χ1n) is 7.90. The van der Waals surface area contributed by atoms with Gasteiger partial charge in [-0.1, -0.05) is 42.5 Å². The van der Waals surface area contributed by atoms with Crippen LogP contribution in [0.5, 0.6) is 5.75 Å². The summed E-state index contributed by atoms with van der Waals surface area (Å²) in [5.41, 5.74) is 1.12. The van der Waals surface area contributed by atoms with Crippen molar-refractivity contribution in [3.8, 4) is 5.75 Å². The Morgan fingerprint density at radius 1 is 1.04 bits per heavy atom. The van der Waals surface area contributed by atoms with Gasteiger partial charge in [-0.2, -0.15) is 0 Å². The van der Waals surface area contributed by atoms with Gasteiger partial charge in [0.1, 0.15) is 5.75 Å². The second-order valence-corrected chi connectivity index (χ2v) is 5.30. The summed E-state index contributed by atoms with van der Waals surface area (Å²) in [7, 11) is 1.53. The van der Waals surface area contributed by atoms with Crippen LogP contribution >= 0.6 is 0 Å². The fraction of sp³-hybridized carbons (Fsp3) is 0.263. The number of amides is 1. The lowest BCUT2D eigenvalue weighted by Crippen LogP contribution is -2.37. The second kappa shape index (κ2) is 8.84. The lowest BCUT2D eigenvalue weighted by atomic mass is 10.0. The van der Waals surface area contributed by atoms with Gasteiger partial charge >= 0.3 is 5.97 Å². The zero-order chi connectivity index (χ0) is 18.2. The highest BCUT2D eigenvalue weighted by Gasteiger charge is 2.28. The molecular formula is C19H21NO5. The largest absolute Gasteiger partial charge is 0.497 e. The van der Waals surface area contributed by atoms with Gasteiger partial charge in [-0.3, -0.25) is 4.79 Å². The molecule has 0 fully saturated rings. The van der Waals surface area contributed by atoms with Crippen LogP contribution in [0.2, 0.25) is 0 Å². The maximum Gasteiger partial charge on any atom is 0.330 e. The molecule has 0 aromatic heterocycles. The molecule has 2 rings (SSSR count). The number of hydrogen-bond donors (Lipinski definition) is 2. The SMILES string of the molecule is CCOC(C(=O)NC(C(=O)O)c1ccc(OC)cc1)c1ccccc1. The number of aliphatic carboxylic acids is 1. The Morgan fingerprint density at radius 2 is 1.68 bits per heavy atom. The number of benzene rings is 2. The minimum atomic E-state index is -1.18. The number of carbonyl (C=O) groups excluding carboxylic acids is 1. The summed E-state index contributed by atoms with van der Waals surface area (Å²) >= 11 is 0. The third-order valence-electron chi connectivity index (χ3n) is 3.66. The van der Waals surface area contributed by atoms with Gasteiger partial charge in [0.2, 0.25) is 0 Å². The molecule has 25 heavy (non-hydrogen) atoms. The molecule has 132 valence electrons. The Hall–Kier alpha value is -2.86. The Balaban J connectivity index is 2.21. The van der Waals surface area contributed by atoms with Crippen molar-refractivity contribution >= 4 is 11.9 Å². The number of rotatable bonds is 8. The van der Waals surface area contributed by atoms with E-state index in [1.54, 1.807) is 55.5 Å². The maximum absolute atomic E-state index is 12.6. The standard InChI is InChI=1S/C19H21NO5/c1-3-25-17(14-7-5-4-6-8-14)18(21)20-16(19(22)23)13-9-11-15(24-2)12-10-13/h4-12,16-17H,3H2,1-2H3,(H,20,21)(H,22,23). The topological polar surface area (TPSA) is 84.9 Å². The molecule has 0 saturated heterocycles. The Kier molecular flexibility index (Phi) is 6.54. The van der Waals surface area contributed by atoms with E-state index in [1.165, 1.54) is 7.11 Å². The molecule has 0 radical (unpaired) electrons. The van der Waals surface area contributed by atoms with E-state index in [4.69, 9.17) is 9.47 Å². The number of carboxylic acid groups (broad SMARTS) is 1. The van der Waals surface area contributed by atoms with Gasteiger partial charge in [0.15, 0.2) is 12.1 Å². The highest BCUT2D eigenvalue weighted by Crippen LogP contribution is 2.22. The predicted molar refractivity (Wildman–Crippen MR) is 92.3 cm³/mol. The van der Waals surface area contributed by atoms with Crippen molar-refractivity contribution < 1.29 is 24.2 Å². The molecule has 0 aliphatic rings. The van der Waals surface area contributed by atoms with Crippen LogP contribution in [-0.2, 0) is 14.3 Å². The van der Waals surface area contributed by atoms with E-state index in [-0.39, 0.29) is 0 Å². The molecule has 6 nitrogen and oxygen atoms in total. The highest BCUT2D eigenvalue weighted by molar-refractivity contribution is 5.87. The molecule has 0 heterocycles. The first kappa shape index (κ1) is 18.5. The van der Waals surface area contributed by atoms with Crippen LogP contribution in [0.25, 0.3) is 0 Å². The van der Waals surface area contributed by atoms with Crippen LogP contribution < -0.4 is 10.1 Å². The van der Waals surface area contributed by atoms with Crippen molar-refractivity contribution in [1.82, 2.24) is 5.32 Å². The minimum Gasteiger partial charge on any atom is -0.497 e. The molecule has 0 aliphatic heterocycles. The van der Waals surface area contributed by atoms with E-state index in [9.17, 15) is 14.7 Å². The Morgan fingerprint density at radius 3 is 2.20 bits per heavy atom. The van der Waals surface area contributed by atoms with Crippen molar-refractivity contribution in [3.63, 3.8) is 0 Å². The predicted octanol–water partition coefficient (Wildman–Crippen LogP) is 2.71. The summed E-state index contributed by atoms with van der Waals surface area (Å²) in [5.74, 6) is -1.05. The summed E-state index contributed by atoms with van der Waals surface area (Å²) < 4.78 is 10.6. The van der Waals surface area contributed by atoms with Crippen LogP contribution in [-0.4, -0.2) is 30.7 Å². The molecule has 0 saturated carbocycles. The third kappa shape index (κ3) is 4.81. The number of ether oxygens (including phenoxy) is 2. The number of nitrogens with one attached hydrogen (secondary N) is 1. The molecule has 6 heteroatoms. The molecule has 2 aromatic rings. The van der Waals surface area contributed by atoms with Gasteiger partial charge in [-0.25, -0.2) is 4.79 Å². The molecule has 2 aromatic carbocycles. The van der Waals surface area contributed by atoms with Gasteiger partial charge in [-0.05, 0) is 30.2 Å². The summed E-state index contributed by atoms with van der Waals surface area (Å²) in [4.78, 5) is 24.2.